The van der Waals surface area contributed by atoms with Gasteiger partial charge >= 0.3 is 0 Å². The summed E-state index contributed by atoms with van der Waals surface area (Å²) in [6, 6.07) is 12.4. The standard InChI is InChI=1S/C18H15ClN2O2S.C5H11N.CH4/c1-12-3-4-14(10-20-12)18-17(9-15(19)11-21-18)13-5-7-16(8-6-13)24(2,22)23;1-6-4-2-3-5-6;/h3-11H,1-2H3;2-5H2,1H3;1H4. The number of likely N-dealkylation sites (tertiary alicyclic amines) is 1. The van der Waals surface area contributed by atoms with Crippen LogP contribution in [0.15, 0.2) is 59.8 Å². The number of aryl methyl sites for hydroxylation is 1. The number of benzene rings is 1. The molecule has 0 saturated carbocycles. The van der Waals surface area contributed by atoms with Crippen LogP contribution >= 0.6 is 11.6 Å². The van der Waals surface area contributed by atoms with E-state index in [0.717, 1.165) is 28.1 Å². The highest BCUT2D eigenvalue weighted by Gasteiger charge is 2.12. The van der Waals surface area contributed by atoms with Crippen molar-refractivity contribution in [3.63, 3.8) is 0 Å². The smallest absolute Gasteiger partial charge is 0.175 e. The molecule has 3 aromatic rings. The normalized spacial score (nSPS) is 13.8. The fraction of sp³-hybridized carbons (Fsp3) is 0.333. The van der Waals surface area contributed by atoms with E-state index in [-0.39, 0.29) is 12.3 Å². The molecule has 5 nitrogen and oxygen atoms in total. The number of rotatable bonds is 3. The summed E-state index contributed by atoms with van der Waals surface area (Å²) in [6.45, 7) is 4.56. The second kappa shape index (κ2) is 10.8. The molecule has 7 heteroatoms. The molecule has 0 radical (unpaired) electrons. The lowest BCUT2D eigenvalue weighted by Crippen LogP contribution is -2.10. The van der Waals surface area contributed by atoms with Crippen LogP contribution in [0.2, 0.25) is 5.02 Å². The van der Waals surface area contributed by atoms with Crippen molar-refractivity contribution in [2.24, 2.45) is 0 Å². The summed E-state index contributed by atoms with van der Waals surface area (Å²) in [4.78, 5) is 11.4. The molecule has 0 spiro atoms. The minimum atomic E-state index is -3.23. The lowest BCUT2D eigenvalue weighted by atomic mass is 10.0. The highest BCUT2D eigenvalue weighted by atomic mass is 35.5. The highest BCUT2D eigenvalue weighted by Crippen LogP contribution is 2.32. The molecule has 2 aromatic heterocycles. The molecule has 0 N–H and O–H groups in total. The number of nitrogens with zero attached hydrogens (tertiary/aromatic N) is 3. The van der Waals surface area contributed by atoms with Gasteiger partial charge < -0.3 is 4.90 Å². The Balaban J connectivity index is 0.000000422. The second-order valence-electron chi connectivity index (χ2n) is 7.54. The zero-order valence-corrected chi connectivity index (χ0v) is 19.0. The van der Waals surface area contributed by atoms with Crippen molar-refractivity contribution < 1.29 is 8.42 Å². The third-order valence-corrected chi connectivity index (χ3v) is 6.30. The number of hydrogen-bond donors (Lipinski definition) is 0. The quantitative estimate of drug-likeness (QED) is 0.515. The van der Waals surface area contributed by atoms with Crippen LogP contribution in [-0.4, -0.2) is 49.7 Å². The molecule has 0 aliphatic carbocycles. The summed E-state index contributed by atoms with van der Waals surface area (Å²) in [5.74, 6) is 0. The van der Waals surface area contributed by atoms with Gasteiger partial charge in [-0.05, 0) is 75.8 Å². The van der Waals surface area contributed by atoms with Crippen LogP contribution in [0.1, 0.15) is 26.0 Å². The van der Waals surface area contributed by atoms with Crippen LogP contribution in [0, 0.1) is 6.92 Å². The second-order valence-corrected chi connectivity index (χ2v) is 10.00. The first-order chi connectivity index (χ1) is 14.2. The molecular formula is C24H30ClN3O2S. The van der Waals surface area contributed by atoms with Gasteiger partial charge in [0, 0.05) is 35.5 Å². The maximum atomic E-state index is 11.6. The Kier molecular flexibility index (Phi) is 8.74. The van der Waals surface area contributed by atoms with Gasteiger partial charge in [0.2, 0.25) is 0 Å². The van der Waals surface area contributed by atoms with E-state index < -0.39 is 9.84 Å². The Morgan fingerprint density at radius 1 is 0.935 bits per heavy atom. The summed E-state index contributed by atoms with van der Waals surface area (Å²) in [7, 11) is -1.06. The summed E-state index contributed by atoms with van der Waals surface area (Å²) in [5.41, 5.74) is 4.21. The van der Waals surface area contributed by atoms with E-state index >= 15 is 0 Å². The lowest BCUT2D eigenvalue weighted by molar-refractivity contribution is 0.418. The van der Waals surface area contributed by atoms with Crippen molar-refractivity contribution in [1.29, 1.82) is 0 Å². The van der Waals surface area contributed by atoms with E-state index in [1.54, 1.807) is 36.7 Å². The molecule has 3 heterocycles. The first kappa shape index (κ1) is 25.0. The first-order valence-electron chi connectivity index (χ1n) is 9.81. The molecule has 31 heavy (non-hydrogen) atoms. The van der Waals surface area contributed by atoms with Gasteiger partial charge in [-0.3, -0.25) is 9.97 Å². The minimum Gasteiger partial charge on any atom is -0.306 e. The van der Waals surface area contributed by atoms with E-state index in [9.17, 15) is 8.42 Å². The topological polar surface area (TPSA) is 63.2 Å². The minimum absolute atomic E-state index is 0. The van der Waals surface area contributed by atoms with Gasteiger partial charge in [-0.2, -0.15) is 0 Å². The number of pyridine rings is 2. The fourth-order valence-electron chi connectivity index (χ4n) is 3.25. The van der Waals surface area contributed by atoms with Crippen LogP contribution < -0.4 is 0 Å². The third-order valence-electron chi connectivity index (χ3n) is 4.96. The maximum Gasteiger partial charge on any atom is 0.175 e. The molecule has 0 bridgehead atoms. The van der Waals surface area contributed by atoms with Crippen LogP contribution in [0.5, 0.6) is 0 Å². The monoisotopic (exact) mass is 459 g/mol. The van der Waals surface area contributed by atoms with Crippen molar-refractivity contribution >= 4 is 21.4 Å². The number of aromatic nitrogens is 2. The molecule has 166 valence electrons. The van der Waals surface area contributed by atoms with Crippen molar-refractivity contribution in [1.82, 2.24) is 14.9 Å². The van der Waals surface area contributed by atoms with E-state index in [2.05, 4.69) is 21.9 Å². The Labute approximate surface area is 191 Å². The molecule has 1 aliphatic rings. The van der Waals surface area contributed by atoms with Gasteiger partial charge in [-0.25, -0.2) is 8.42 Å². The summed E-state index contributed by atoms with van der Waals surface area (Å²) >= 11 is 6.11. The predicted molar refractivity (Wildman–Crippen MR) is 129 cm³/mol. The van der Waals surface area contributed by atoms with Gasteiger partial charge in [0.1, 0.15) is 0 Å². The Hall–Kier alpha value is -2.28. The van der Waals surface area contributed by atoms with Gasteiger partial charge in [0.05, 0.1) is 15.6 Å². The van der Waals surface area contributed by atoms with Crippen molar-refractivity contribution in [2.45, 2.75) is 32.1 Å². The van der Waals surface area contributed by atoms with Crippen molar-refractivity contribution in [2.75, 3.05) is 26.4 Å². The van der Waals surface area contributed by atoms with Crippen LogP contribution in [0.3, 0.4) is 0 Å². The van der Waals surface area contributed by atoms with Crippen molar-refractivity contribution in [3.05, 3.63) is 65.6 Å². The largest absolute Gasteiger partial charge is 0.306 e. The molecule has 4 rings (SSSR count). The Bertz CT molecular complexity index is 1090. The zero-order chi connectivity index (χ0) is 21.7. The van der Waals surface area contributed by atoms with Crippen LogP contribution in [0.4, 0.5) is 0 Å². The summed E-state index contributed by atoms with van der Waals surface area (Å²) in [5, 5.41) is 0.515. The van der Waals surface area contributed by atoms with E-state index in [0.29, 0.717) is 5.02 Å². The number of hydrogen-bond acceptors (Lipinski definition) is 5. The maximum absolute atomic E-state index is 11.6. The van der Waals surface area contributed by atoms with Gasteiger partial charge in [-0.15, -0.1) is 0 Å². The third kappa shape index (κ3) is 6.86. The lowest BCUT2D eigenvalue weighted by Gasteiger charge is -2.10. The van der Waals surface area contributed by atoms with E-state index in [1.165, 1.54) is 32.2 Å². The molecule has 1 saturated heterocycles. The molecule has 1 fully saturated rings. The van der Waals surface area contributed by atoms with E-state index in [4.69, 9.17) is 11.6 Å². The SMILES string of the molecule is C.CN1CCCC1.Cc1ccc(-c2ncc(Cl)cc2-c2ccc(S(C)(=O)=O)cc2)cn1. The van der Waals surface area contributed by atoms with Gasteiger partial charge in [0.15, 0.2) is 9.84 Å². The Morgan fingerprint density at radius 3 is 2.03 bits per heavy atom. The molecule has 0 amide bonds. The Morgan fingerprint density at radius 2 is 1.55 bits per heavy atom. The molecule has 0 atom stereocenters. The van der Waals surface area contributed by atoms with Gasteiger partial charge in [0.25, 0.3) is 0 Å². The average molecular weight is 460 g/mol. The molecule has 1 aliphatic heterocycles. The fourth-order valence-corrected chi connectivity index (χ4v) is 4.04. The summed E-state index contributed by atoms with van der Waals surface area (Å²) < 4.78 is 23.2. The predicted octanol–water partition coefficient (Wildman–Crippen LogP) is 5.52. The molecule has 1 aromatic carbocycles. The van der Waals surface area contributed by atoms with Crippen molar-refractivity contribution in [3.8, 4) is 22.4 Å². The average Bonchev–Trinajstić information content (AvgIpc) is 3.20. The number of halogens is 1. The molecule has 0 unspecified atom stereocenters. The number of sulfone groups is 1. The van der Waals surface area contributed by atoms with Gasteiger partial charge in [-0.1, -0.05) is 31.2 Å². The van der Waals surface area contributed by atoms with Crippen LogP contribution in [-0.2, 0) is 9.84 Å². The zero-order valence-electron chi connectivity index (χ0n) is 17.5. The highest BCUT2D eigenvalue weighted by molar-refractivity contribution is 7.90. The van der Waals surface area contributed by atoms with E-state index in [1.807, 2.05) is 25.1 Å². The molecular weight excluding hydrogens is 430 g/mol. The first-order valence-corrected chi connectivity index (χ1v) is 12.1. The summed E-state index contributed by atoms with van der Waals surface area (Å²) in [6.07, 6.45) is 7.37. The van der Waals surface area contributed by atoms with Crippen LogP contribution in [0.25, 0.3) is 22.4 Å².